The van der Waals surface area contributed by atoms with E-state index in [2.05, 4.69) is 150 Å². The van der Waals surface area contributed by atoms with E-state index in [1.165, 1.54) is 16.3 Å². The first-order chi connectivity index (χ1) is 23.3. The summed E-state index contributed by atoms with van der Waals surface area (Å²) in [5.74, 6) is 1.90. The van der Waals surface area contributed by atoms with Crippen molar-refractivity contribution < 1.29 is 0 Å². The molecule has 0 atom stereocenters. The molecule has 2 heterocycles. The highest BCUT2D eigenvalue weighted by Crippen LogP contribution is 2.38. The van der Waals surface area contributed by atoms with Crippen molar-refractivity contribution in [3.63, 3.8) is 0 Å². The smallest absolute Gasteiger partial charge is 0.166 e. The minimum absolute atomic E-state index is 0.628. The molecule has 0 N–H and O–H groups in total. The lowest BCUT2D eigenvalue weighted by atomic mass is 10.0. The molecular weight excluding hydrogens is 573 g/mol. The Morgan fingerprint density at radius 1 is 0.340 bits per heavy atom. The van der Waals surface area contributed by atoms with Crippen LogP contribution in [0, 0.1) is 0 Å². The van der Waals surface area contributed by atoms with Crippen molar-refractivity contribution in [1.82, 2.24) is 19.5 Å². The van der Waals surface area contributed by atoms with Crippen LogP contribution in [0.1, 0.15) is 0 Å². The Bertz CT molecular complexity index is 2500. The van der Waals surface area contributed by atoms with Crippen LogP contribution in [-0.2, 0) is 0 Å². The quantitative estimate of drug-likeness (QED) is 0.197. The summed E-state index contributed by atoms with van der Waals surface area (Å²) >= 11 is 0. The van der Waals surface area contributed by atoms with Gasteiger partial charge >= 0.3 is 0 Å². The highest BCUT2D eigenvalue weighted by molar-refractivity contribution is 6.10. The standard InChI is InChI=1S/C43H28N4/c1-3-13-29(14-4-1)30-23-25-32(26-24-30)42-44-41(31-15-5-2-6-16-31)45-43(46-42)37-27-33-17-7-8-18-34(33)28-40(37)47-38-21-11-9-19-35(38)36-20-10-12-22-39(36)47/h1-28H. The van der Waals surface area contributed by atoms with E-state index in [9.17, 15) is 0 Å². The lowest BCUT2D eigenvalue weighted by Crippen LogP contribution is -2.04. The third-order valence-electron chi connectivity index (χ3n) is 8.84. The Morgan fingerprint density at radius 2 is 0.766 bits per heavy atom. The summed E-state index contributed by atoms with van der Waals surface area (Å²) < 4.78 is 2.35. The molecule has 0 saturated carbocycles. The van der Waals surface area contributed by atoms with Crippen molar-refractivity contribution in [2.45, 2.75) is 0 Å². The second-order valence-corrected chi connectivity index (χ2v) is 11.7. The highest BCUT2D eigenvalue weighted by Gasteiger charge is 2.20. The molecule has 9 aromatic rings. The number of hydrogen-bond acceptors (Lipinski definition) is 3. The summed E-state index contributed by atoms with van der Waals surface area (Å²) in [6.07, 6.45) is 0. The van der Waals surface area contributed by atoms with Crippen LogP contribution in [0.25, 0.3) is 83.6 Å². The van der Waals surface area contributed by atoms with E-state index in [1.807, 2.05) is 24.3 Å². The van der Waals surface area contributed by atoms with Gasteiger partial charge in [-0.15, -0.1) is 0 Å². The Hall–Kier alpha value is -6.39. The predicted octanol–water partition coefficient (Wildman–Crippen LogP) is 10.8. The molecule has 4 nitrogen and oxygen atoms in total. The van der Waals surface area contributed by atoms with Crippen LogP contribution in [0.3, 0.4) is 0 Å². The summed E-state index contributed by atoms with van der Waals surface area (Å²) in [6.45, 7) is 0. The van der Waals surface area contributed by atoms with E-state index < -0.39 is 0 Å². The molecule has 4 heteroatoms. The molecule has 0 aliphatic carbocycles. The summed E-state index contributed by atoms with van der Waals surface area (Å²) in [6, 6.07) is 59.2. The fraction of sp³-hybridized carbons (Fsp3) is 0. The first-order valence-corrected chi connectivity index (χ1v) is 15.8. The Balaban J connectivity index is 1.31. The second-order valence-electron chi connectivity index (χ2n) is 11.7. The number of fused-ring (bicyclic) bond motifs is 4. The van der Waals surface area contributed by atoms with Gasteiger partial charge in [-0.25, -0.2) is 15.0 Å². The third-order valence-corrected chi connectivity index (χ3v) is 8.84. The van der Waals surface area contributed by atoms with Crippen molar-refractivity contribution in [1.29, 1.82) is 0 Å². The molecule has 220 valence electrons. The largest absolute Gasteiger partial charge is 0.308 e. The zero-order valence-corrected chi connectivity index (χ0v) is 25.5. The van der Waals surface area contributed by atoms with Crippen LogP contribution >= 0.6 is 0 Å². The van der Waals surface area contributed by atoms with Crippen LogP contribution in [0.4, 0.5) is 0 Å². The van der Waals surface area contributed by atoms with Crippen molar-refractivity contribution in [3.05, 3.63) is 170 Å². The number of para-hydroxylation sites is 2. The molecule has 2 aromatic heterocycles. The van der Waals surface area contributed by atoms with Gasteiger partial charge in [-0.1, -0.05) is 146 Å². The minimum atomic E-state index is 0.628. The molecule has 0 amide bonds. The average molecular weight is 601 g/mol. The topological polar surface area (TPSA) is 43.6 Å². The van der Waals surface area contributed by atoms with Crippen LogP contribution in [0.15, 0.2) is 170 Å². The molecule has 7 aromatic carbocycles. The van der Waals surface area contributed by atoms with E-state index in [1.54, 1.807) is 0 Å². The van der Waals surface area contributed by atoms with Gasteiger partial charge in [0, 0.05) is 27.5 Å². The molecule has 0 aliphatic heterocycles. The SMILES string of the molecule is c1ccc(-c2ccc(-c3nc(-c4ccccc4)nc(-c4cc5ccccc5cc4-n4c5ccccc5c5ccccc54)n3)cc2)cc1. The molecule has 0 bridgehead atoms. The molecule has 0 radical (unpaired) electrons. The lowest BCUT2D eigenvalue weighted by molar-refractivity contribution is 1.07. The molecule has 0 saturated heterocycles. The lowest BCUT2D eigenvalue weighted by Gasteiger charge is -2.16. The Labute approximate surface area is 272 Å². The third kappa shape index (κ3) is 4.75. The van der Waals surface area contributed by atoms with E-state index >= 15 is 0 Å². The molecule has 0 unspecified atom stereocenters. The van der Waals surface area contributed by atoms with Gasteiger partial charge in [-0.2, -0.15) is 0 Å². The van der Waals surface area contributed by atoms with Gasteiger partial charge in [0.25, 0.3) is 0 Å². The average Bonchev–Trinajstić information content (AvgIpc) is 3.49. The van der Waals surface area contributed by atoms with Gasteiger partial charge in [-0.3, -0.25) is 0 Å². The van der Waals surface area contributed by atoms with Crippen molar-refractivity contribution in [2.24, 2.45) is 0 Å². The second kappa shape index (κ2) is 11.2. The highest BCUT2D eigenvalue weighted by atomic mass is 15.1. The Morgan fingerprint density at radius 3 is 1.38 bits per heavy atom. The van der Waals surface area contributed by atoms with Crippen LogP contribution < -0.4 is 0 Å². The zero-order valence-electron chi connectivity index (χ0n) is 25.5. The Kier molecular flexibility index (Phi) is 6.43. The fourth-order valence-corrected chi connectivity index (χ4v) is 6.56. The molecule has 0 spiro atoms. The summed E-state index contributed by atoms with van der Waals surface area (Å²) in [7, 11) is 0. The maximum absolute atomic E-state index is 5.20. The van der Waals surface area contributed by atoms with E-state index in [-0.39, 0.29) is 0 Å². The van der Waals surface area contributed by atoms with Gasteiger partial charge < -0.3 is 4.57 Å². The number of nitrogens with zero attached hydrogens (tertiary/aromatic N) is 4. The van der Waals surface area contributed by atoms with E-state index in [0.717, 1.165) is 49.7 Å². The molecular formula is C43H28N4. The maximum atomic E-state index is 5.20. The van der Waals surface area contributed by atoms with Crippen molar-refractivity contribution >= 4 is 32.6 Å². The molecule has 47 heavy (non-hydrogen) atoms. The summed E-state index contributed by atoms with van der Waals surface area (Å²) in [5.41, 5.74) is 8.44. The first kappa shape index (κ1) is 27.0. The summed E-state index contributed by atoms with van der Waals surface area (Å²) in [4.78, 5) is 15.4. The monoisotopic (exact) mass is 600 g/mol. The molecule has 9 rings (SSSR count). The molecule has 0 aliphatic rings. The van der Waals surface area contributed by atoms with Gasteiger partial charge in [0.15, 0.2) is 17.5 Å². The molecule has 0 fully saturated rings. The van der Waals surface area contributed by atoms with Crippen molar-refractivity contribution in [3.8, 4) is 51.0 Å². The van der Waals surface area contributed by atoms with Gasteiger partial charge in [0.1, 0.15) is 0 Å². The van der Waals surface area contributed by atoms with Crippen LogP contribution in [0.2, 0.25) is 0 Å². The first-order valence-electron chi connectivity index (χ1n) is 15.8. The number of benzene rings is 7. The zero-order chi connectivity index (χ0) is 31.2. The van der Waals surface area contributed by atoms with Gasteiger partial charge in [0.05, 0.1) is 16.7 Å². The number of rotatable bonds is 5. The van der Waals surface area contributed by atoms with E-state index in [4.69, 9.17) is 15.0 Å². The normalized spacial score (nSPS) is 11.4. The maximum Gasteiger partial charge on any atom is 0.166 e. The minimum Gasteiger partial charge on any atom is -0.308 e. The van der Waals surface area contributed by atoms with Gasteiger partial charge in [0.2, 0.25) is 0 Å². The predicted molar refractivity (Wildman–Crippen MR) is 193 cm³/mol. The number of hydrogen-bond donors (Lipinski definition) is 0. The van der Waals surface area contributed by atoms with Gasteiger partial charge in [-0.05, 0) is 46.2 Å². The summed E-state index contributed by atoms with van der Waals surface area (Å²) in [5, 5.41) is 4.70. The van der Waals surface area contributed by atoms with Crippen LogP contribution in [0.5, 0.6) is 0 Å². The number of aromatic nitrogens is 4. The van der Waals surface area contributed by atoms with E-state index in [0.29, 0.717) is 17.5 Å². The fourth-order valence-electron chi connectivity index (χ4n) is 6.56. The van der Waals surface area contributed by atoms with Crippen LogP contribution in [-0.4, -0.2) is 19.5 Å². The van der Waals surface area contributed by atoms with Crippen molar-refractivity contribution in [2.75, 3.05) is 0 Å².